The van der Waals surface area contributed by atoms with Gasteiger partial charge in [-0.25, -0.2) is 0 Å². The lowest BCUT2D eigenvalue weighted by molar-refractivity contribution is -0.141. The number of hydrogen-bond donors (Lipinski definition) is 1. The van der Waals surface area contributed by atoms with Crippen molar-refractivity contribution in [3.05, 3.63) is 0 Å². The van der Waals surface area contributed by atoms with Crippen molar-refractivity contribution in [1.29, 1.82) is 0 Å². The summed E-state index contributed by atoms with van der Waals surface area (Å²) in [6.45, 7) is 3.49. The first-order chi connectivity index (χ1) is 8.20. The van der Waals surface area contributed by atoms with E-state index >= 15 is 0 Å². The van der Waals surface area contributed by atoms with Crippen LogP contribution in [-0.4, -0.2) is 30.4 Å². The minimum atomic E-state index is -0.344. The summed E-state index contributed by atoms with van der Waals surface area (Å²) < 4.78 is 0. The number of nitrogens with two attached hydrogens (primary N) is 1. The molecule has 1 aliphatic carbocycles. The third-order valence-corrected chi connectivity index (χ3v) is 3.86. The summed E-state index contributed by atoms with van der Waals surface area (Å²) in [5.74, 6) is 2.73. The van der Waals surface area contributed by atoms with Crippen LogP contribution in [0.25, 0.3) is 0 Å². The second kappa shape index (κ2) is 6.66. The summed E-state index contributed by atoms with van der Waals surface area (Å²) in [4.78, 5) is 14.3. The van der Waals surface area contributed by atoms with Gasteiger partial charge in [0.05, 0.1) is 12.0 Å². The van der Waals surface area contributed by atoms with E-state index < -0.39 is 0 Å². The van der Waals surface area contributed by atoms with Crippen molar-refractivity contribution >= 4 is 5.91 Å². The van der Waals surface area contributed by atoms with Crippen LogP contribution < -0.4 is 5.73 Å². The van der Waals surface area contributed by atoms with Gasteiger partial charge >= 0.3 is 0 Å². The number of rotatable bonds is 4. The first kappa shape index (κ1) is 14.1. The summed E-state index contributed by atoms with van der Waals surface area (Å²) in [6, 6.07) is 0. The van der Waals surface area contributed by atoms with Crippen LogP contribution in [0.15, 0.2) is 0 Å². The van der Waals surface area contributed by atoms with Crippen LogP contribution in [0.4, 0.5) is 0 Å². The molecule has 0 radical (unpaired) electrons. The zero-order chi connectivity index (χ0) is 12.7. The molecule has 0 unspecified atom stereocenters. The molecule has 3 heteroatoms. The summed E-state index contributed by atoms with van der Waals surface area (Å²) in [5, 5.41) is 0. The van der Waals surface area contributed by atoms with Gasteiger partial charge in [-0.3, -0.25) is 4.79 Å². The largest absolute Gasteiger partial charge is 0.331 e. The number of nitrogens with zero attached hydrogens (tertiary/aromatic N) is 1. The maximum Gasteiger partial charge on any atom is 0.230 e. The molecular formula is C14H24N2O. The first-order valence-electron chi connectivity index (χ1n) is 6.63. The Morgan fingerprint density at radius 2 is 1.94 bits per heavy atom. The van der Waals surface area contributed by atoms with E-state index in [2.05, 4.69) is 5.92 Å². The number of amides is 1. The lowest BCUT2D eigenvalue weighted by Gasteiger charge is -2.34. The minimum absolute atomic E-state index is 0.169. The Kier molecular flexibility index (Phi) is 5.50. The average Bonchev–Trinajstić information content (AvgIpc) is 2.61. The standard InChI is InChI=1S/C14H24N2O/c1-3-11-16(4-2)13(17)14(12-15)9-7-5-6-8-10-14/h1H,4-12,15H2,2H3. The van der Waals surface area contributed by atoms with Crippen LogP contribution in [-0.2, 0) is 4.79 Å². The molecule has 1 amide bonds. The lowest BCUT2D eigenvalue weighted by Crippen LogP contribution is -2.48. The van der Waals surface area contributed by atoms with Crippen LogP contribution in [0.2, 0.25) is 0 Å². The van der Waals surface area contributed by atoms with Crippen molar-refractivity contribution in [2.24, 2.45) is 11.1 Å². The van der Waals surface area contributed by atoms with E-state index in [0.29, 0.717) is 19.6 Å². The van der Waals surface area contributed by atoms with E-state index in [1.54, 1.807) is 4.90 Å². The van der Waals surface area contributed by atoms with Crippen LogP contribution in [0, 0.1) is 17.8 Å². The van der Waals surface area contributed by atoms with Gasteiger partial charge in [-0.2, -0.15) is 0 Å². The highest BCUT2D eigenvalue weighted by Crippen LogP contribution is 2.35. The van der Waals surface area contributed by atoms with Crippen LogP contribution in [0.1, 0.15) is 45.4 Å². The van der Waals surface area contributed by atoms with Gasteiger partial charge in [0.25, 0.3) is 0 Å². The lowest BCUT2D eigenvalue weighted by atomic mass is 9.79. The Balaban J connectivity index is 2.83. The van der Waals surface area contributed by atoms with Gasteiger partial charge in [-0.05, 0) is 19.8 Å². The highest BCUT2D eigenvalue weighted by Gasteiger charge is 2.39. The molecule has 1 saturated carbocycles. The Hall–Kier alpha value is -1.01. The Morgan fingerprint density at radius 1 is 1.35 bits per heavy atom. The highest BCUT2D eigenvalue weighted by molar-refractivity contribution is 5.83. The van der Waals surface area contributed by atoms with E-state index in [-0.39, 0.29) is 11.3 Å². The van der Waals surface area contributed by atoms with Crippen molar-refractivity contribution < 1.29 is 4.79 Å². The maximum absolute atomic E-state index is 12.6. The monoisotopic (exact) mass is 236 g/mol. The molecule has 17 heavy (non-hydrogen) atoms. The van der Waals surface area contributed by atoms with Gasteiger partial charge < -0.3 is 10.6 Å². The Labute approximate surface area is 105 Å². The molecule has 0 heterocycles. The fourth-order valence-corrected chi connectivity index (χ4v) is 2.68. The summed E-state index contributed by atoms with van der Waals surface area (Å²) in [6.07, 6.45) is 11.8. The molecule has 96 valence electrons. The molecule has 0 aromatic heterocycles. The van der Waals surface area contributed by atoms with Crippen molar-refractivity contribution in [2.45, 2.75) is 45.4 Å². The topological polar surface area (TPSA) is 46.3 Å². The van der Waals surface area contributed by atoms with Crippen molar-refractivity contribution in [1.82, 2.24) is 4.90 Å². The smallest absolute Gasteiger partial charge is 0.230 e. The van der Waals surface area contributed by atoms with E-state index in [9.17, 15) is 4.79 Å². The summed E-state index contributed by atoms with van der Waals surface area (Å²) >= 11 is 0. The Bertz CT molecular complexity index is 285. The molecular weight excluding hydrogens is 212 g/mol. The summed E-state index contributed by atoms with van der Waals surface area (Å²) in [5.41, 5.74) is 5.55. The fourth-order valence-electron chi connectivity index (χ4n) is 2.68. The fraction of sp³-hybridized carbons (Fsp3) is 0.786. The first-order valence-corrected chi connectivity index (χ1v) is 6.63. The molecule has 1 fully saturated rings. The summed E-state index contributed by atoms with van der Waals surface area (Å²) in [7, 11) is 0. The van der Waals surface area contributed by atoms with Crippen molar-refractivity contribution in [3.8, 4) is 12.3 Å². The van der Waals surface area contributed by atoms with Gasteiger partial charge in [-0.15, -0.1) is 6.42 Å². The molecule has 3 nitrogen and oxygen atoms in total. The number of hydrogen-bond acceptors (Lipinski definition) is 2. The molecule has 0 saturated heterocycles. The Morgan fingerprint density at radius 3 is 2.35 bits per heavy atom. The minimum Gasteiger partial charge on any atom is -0.331 e. The molecule has 0 spiro atoms. The number of terminal acetylenes is 1. The molecule has 0 bridgehead atoms. The number of carbonyl (C=O) groups is 1. The third-order valence-electron chi connectivity index (χ3n) is 3.86. The molecule has 0 aromatic carbocycles. The second-order valence-electron chi connectivity index (χ2n) is 4.92. The highest BCUT2D eigenvalue weighted by atomic mass is 16.2. The normalized spacial score (nSPS) is 19.1. The van der Waals surface area contributed by atoms with Crippen molar-refractivity contribution in [2.75, 3.05) is 19.6 Å². The average molecular weight is 236 g/mol. The molecule has 0 aromatic rings. The van der Waals surface area contributed by atoms with Gasteiger partial charge in [-0.1, -0.05) is 31.6 Å². The van der Waals surface area contributed by atoms with Gasteiger partial charge in [0.2, 0.25) is 5.91 Å². The van der Waals surface area contributed by atoms with Crippen LogP contribution >= 0.6 is 0 Å². The SMILES string of the molecule is C#CCN(CC)C(=O)C1(CN)CCCCCC1. The van der Waals surface area contributed by atoms with E-state index in [4.69, 9.17) is 12.2 Å². The van der Waals surface area contributed by atoms with Gasteiger partial charge in [0, 0.05) is 13.1 Å². The second-order valence-corrected chi connectivity index (χ2v) is 4.92. The van der Waals surface area contributed by atoms with E-state index in [0.717, 1.165) is 25.7 Å². The molecule has 1 aliphatic rings. The zero-order valence-corrected chi connectivity index (χ0v) is 10.9. The van der Waals surface area contributed by atoms with Crippen molar-refractivity contribution in [3.63, 3.8) is 0 Å². The van der Waals surface area contributed by atoms with Gasteiger partial charge in [0.1, 0.15) is 0 Å². The maximum atomic E-state index is 12.6. The van der Waals surface area contributed by atoms with E-state index in [1.165, 1.54) is 12.8 Å². The van der Waals surface area contributed by atoms with Gasteiger partial charge in [0.15, 0.2) is 0 Å². The number of carbonyl (C=O) groups excluding carboxylic acids is 1. The van der Waals surface area contributed by atoms with Crippen LogP contribution in [0.5, 0.6) is 0 Å². The predicted octanol–water partition coefficient (Wildman–Crippen LogP) is 1.77. The third kappa shape index (κ3) is 3.23. The van der Waals surface area contributed by atoms with Crippen LogP contribution in [0.3, 0.4) is 0 Å². The molecule has 1 rings (SSSR count). The predicted molar refractivity (Wildman–Crippen MR) is 70.3 cm³/mol. The molecule has 2 N–H and O–H groups in total. The quantitative estimate of drug-likeness (QED) is 0.597. The zero-order valence-electron chi connectivity index (χ0n) is 10.9. The molecule has 0 aliphatic heterocycles. The molecule has 0 atom stereocenters. The van der Waals surface area contributed by atoms with E-state index in [1.807, 2.05) is 6.92 Å².